The van der Waals surface area contributed by atoms with Crippen LogP contribution < -0.4 is 15.4 Å². The quantitative estimate of drug-likeness (QED) is 0.513. The van der Waals surface area contributed by atoms with Crippen LogP contribution in [0, 0.1) is 0 Å². The van der Waals surface area contributed by atoms with Crippen LogP contribution in [0.15, 0.2) is 29.3 Å². The zero-order valence-electron chi connectivity index (χ0n) is 18.5. The molecule has 0 aromatic heterocycles. The van der Waals surface area contributed by atoms with Crippen LogP contribution in [0.2, 0.25) is 0 Å². The lowest BCUT2D eigenvalue weighted by molar-refractivity contribution is -0.127. The summed E-state index contributed by atoms with van der Waals surface area (Å²) in [7, 11) is 5.15. The van der Waals surface area contributed by atoms with Crippen molar-refractivity contribution in [1.29, 1.82) is 0 Å². The van der Waals surface area contributed by atoms with Gasteiger partial charge in [-0.25, -0.2) is 4.99 Å². The number of hydrogen-bond acceptors (Lipinski definition) is 4. The Morgan fingerprint density at radius 3 is 2.76 bits per heavy atom. The predicted octanol–water partition coefficient (Wildman–Crippen LogP) is 2.17. The van der Waals surface area contributed by atoms with Gasteiger partial charge < -0.3 is 25.0 Å². The fourth-order valence-corrected chi connectivity index (χ4v) is 3.09. The van der Waals surface area contributed by atoms with Crippen molar-refractivity contribution in [3.8, 4) is 5.75 Å². The first-order valence-electron chi connectivity index (χ1n) is 10.3. The highest BCUT2D eigenvalue weighted by Gasteiger charge is 2.22. The number of carbonyl (C=O) groups excluding carboxylic acids is 1. The molecule has 1 aliphatic rings. The molecule has 29 heavy (non-hydrogen) atoms. The van der Waals surface area contributed by atoms with Crippen molar-refractivity contribution < 1.29 is 14.3 Å². The molecule has 1 saturated heterocycles. The summed E-state index contributed by atoms with van der Waals surface area (Å²) in [5.41, 5.74) is 1.02. The topological polar surface area (TPSA) is 75.2 Å². The molecule has 2 N–H and O–H groups in total. The van der Waals surface area contributed by atoms with Gasteiger partial charge in [0.2, 0.25) is 5.91 Å². The summed E-state index contributed by atoms with van der Waals surface area (Å²) < 4.78 is 11.2. The maximum Gasteiger partial charge on any atom is 0.243 e. The Hall–Kier alpha value is -2.28. The molecule has 0 bridgehead atoms. The maximum atomic E-state index is 12.0. The molecule has 0 aliphatic carbocycles. The van der Waals surface area contributed by atoms with Crippen molar-refractivity contribution >= 4 is 11.9 Å². The van der Waals surface area contributed by atoms with Gasteiger partial charge in [0.05, 0.1) is 13.2 Å². The van der Waals surface area contributed by atoms with Crippen LogP contribution in [0.1, 0.15) is 38.7 Å². The summed E-state index contributed by atoms with van der Waals surface area (Å²) in [5, 5.41) is 6.75. The molecule has 1 amide bonds. The normalized spacial score (nSPS) is 17.6. The number of rotatable bonds is 8. The largest absolute Gasteiger partial charge is 0.497 e. The summed E-state index contributed by atoms with van der Waals surface area (Å²) >= 11 is 0. The first kappa shape index (κ1) is 23.0. The zero-order valence-corrected chi connectivity index (χ0v) is 18.5. The molecule has 7 heteroatoms. The molecule has 7 nitrogen and oxygen atoms in total. The predicted molar refractivity (Wildman–Crippen MR) is 117 cm³/mol. The number of nitrogens with zero attached hydrogens (tertiary/aromatic N) is 2. The number of benzene rings is 1. The van der Waals surface area contributed by atoms with E-state index in [0.717, 1.165) is 25.2 Å². The summed E-state index contributed by atoms with van der Waals surface area (Å²) in [6.45, 7) is 6.60. The average molecular weight is 405 g/mol. The number of hydrogen-bond donors (Lipinski definition) is 2. The molecule has 1 atom stereocenters. The van der Waals surface area contributed by atoms with Gasteiger partial charge in [0.25, 0.3) is 0 Å². The van der Waals surface area contributed by atoms with Crippen LogP contribution in [0.25, 0.3) is 0 Å². The second-order valence-electron chi connectivity index (χ2n) is 8.29. The minimum Gasteiger partial charge on any atom is -0.497 e. The molecule has 0 spiro atoms. The summed E-state index contributed by atoms with van der Waals surface area (Å²) in [6.07, 6.45) is 3.55. The highest BCUT2D eigenvalue weighted by atomic mass is 16.5. The van der Waals surface area contributed by atoms with Crippen molar-refractivity contribution in [3.63, 3.8) is 0 Å². The molecule has 1 aromatic carbocycles. The van der Waals surface area contributed by atoms with Gasteiger partial charge in [-0.3, -0.25) is 4.79 Å². The molecule has 1 unspecified atom stereocenters. The van der Waals surface area contributed by atoms with Gasteiger partial charge in [-0.2, -0.15) is 0 Å². The number of nitrogens with one attached hydrogen (secondary N) is 2. The minimum absolute atomic E-state index is 0.0351. The summed E-state index contributed by atoms with van der Waals surface area (Å²) in [4.78, 5) is 18.0. The number of amides is 1. The van der Waals surface area contributed by atoms with E-state index in [4.69, 9.17) is 9.47 Å². The Kier molecular flexibility index (Phi) is 8.76. The molecule has 162 valence electrons. The van der Waals surface area contributed by atoms with Crippen LogP contribution >= 0.6 is 0 Å². The van der Waals surface area contributed by atoms with E-state index in [-0.39, 0.29) is 24.0 Å². The molecule has 1 fully saturated rings. The second kappa shape index (κ2) is 11.0. The van der Waals surface area contributed by atoms with Gasteiger partial charge in [-0.05, 0) is 37.0 Å². The third-order valence-corrected chi connectivity index (χ3v) is 5.19. The third kappa shape index (κ3) is 7.57. The monoisotopic (exact) mass is 404 g/mol. The van der Waals surface area contributed by atoms with Crippen molar-refractivity contribution in [2.45, 2.75) is 44.6 Å². The van der Waals surface area contributed by atoms with Gasteiger partial charge in [0.1, 0.15) is 12.3 Å². The summed E-state index contributed by atoms with van der Waals surface area (Å²) in [5.74, 6) is 1.44. The molecular weight excluding hydrogens is 368 g/mol. The Balaban J connectivity index is 2.02. The van der Waals surface area contributed by atoms with Gasteiger partial charge in [-0.15, -0.1) is 0 Å². The fraction of sp³-hybridized carbons (Fsp3) is 0.636. The Morgan fingerprint density at radius 1 is 1.31 bits per heavy atom. The molecule has 0 saturated carbocycles. The molecule has 1 aliphatic heterocycles. The first-order chi connectivity index (χ1) is 13.8. The van der Waals surface area contributed by atoms with E-state index in [9.17, 15) is 4.79 Å². The summed E-state index contributed by atoms with van der Waals surface area (Å²) in [6, 6.07) is 8.09. The van der Waals surface area contributed by atoms with E-state index in [2.05, 4.69) is 41.6 Å². The molecule has 0 radical (unpaired) electrons. The van der Waals surface area contributed by atoms with Gasteiger partial charge >= 0.3 is 0 Å². The smallest absolute Gasteiger partial charge is 0.243 e. The maximum absolute atomic E-state index is 12.0. The van der Waals surface area contributed by atoms with E-state index >= 15 is 0 Å². The van der Waals surface area contributed by atoms with Crippen molar-refractivity contribution in [1.82, 2.24) is 15.5 Å². The van der Waals surface area contributed by atoms with Crippen molar-refractivity contribution in [3.05, 3.63) is 29.8 Å². The Labute approximate surface area is 174 Å². The average Bonchev–Trinajstić information content (AvgIpc) is 2.73. The number of aliphatic imine (C=N–C) groups is 1. The van der Waals surface area contributed by atoms with Crippen LogP contribution in [0.4, 0.5) is 0 Å². The lowest BCUT2D eigenvalue weighted by Gasteiger charge is -2.28. The van der Waals surface area contributed by atoms with Crippen LogP contribution in [0.3, 0.4) is 0 Å². The lowest BCUT2D eigenvalue weighted by Crippen LogP contribution is -2.46. The number of ether oxygens (including phenoxy) is 2. The Morgan fingerprint density at radius 2 is 2.10 bits per heavy atom. The van der Waals surface area contributed by atoms with E-state index in [1.807, 2.05) is 12.1 Å². The fourth-order valence-electron chi connectivity index (χ4n) is 3.09. The minimum atomic E-state index is -0.149. The van der Waals surface area contributed by atoms with E-state index in [1.165, 1.54) is 12.0 Å². The molecule has 1 heterocycles. The molecular formula is C22H36N4O3. The van der Waals surface area contributed by atoms with Crippen LogP contribution in [-0.4, -0.2) is 70.3 Å². The van der Waals surface area contributed by atoms with Crippen LogP contribution in [0.5, 0.6) is 5.75 Å². The van der Waals surface area contributed by atoms with E-state index in [0.29, 0.717) is 19.0 Å². The van der Waals surface area contributed by atoms with Gasteiger partial charge in [0.15, 0.2) is 5.96 Å². The van der Waals surface area contributed by atoms with E-state index in [1.54, 1.807) is 26.1 Å². The number of methoxy groups -OCH3 is 1. The van der Waals surface area contributed by atoms with E-state index < -0.39 is 0 Å². The van der Waals surface area contributed by atoms with Gasteiger partial charge in [0, 0.05) is 39.2 Å². The molecule has 2 rings (SSSR count). The first-order valence-corrected chi connectivity index (χ1v) is 10.3. The highest BCUT2D eigenvalue weighted by molar-refractivity contribution is 5.84. The Bertz CT molecular complexity index is 682. The standard InChI is InChI=1S/C22H36N4O3/c1-22(2,17-9-8-11-18(13-17)28-5)16-25-21(24-15-20(27)26(3)4)23-14-19-10-6-7-12-29-19/h8-9,11,13,19H,6-7,10,12,14-16H2,1-5H3,(H2,23,24,25). The van der Waals surface area contributed by atoms with Crippen molar-refractivity contribution in [2.24, 2.45) is 4.99 Å². The number of likely N-dealkylation sites (N-methyl/N-ethyl adjacent to an activating group) is 1. The number of guanidine groups is 1. The second-order valence-corrected chi connectivity index (χ2v) is 8.29. The van der Waals surface area contributed by atoms with Crippen LogP contribution in [-0.2, 0) is 14.9 Å². The lowest BCUT2D eigenvalue weighted by atomic mass is 9.84. The SMILES string of the molecule is COc1cccc(C(C)(C)CNC(=NCC(=O)N(C)C)NCC2CCCCO2)c1. The molecule has 1 aromatic rings. The van der Waals surface area contributed by atoms with Gasteiger partial charge in [-0.1, -0.05) is 26.0 Å². The highest BCUT2D eigenvalue weighted by Crippen LogP contribution is 2.25. The third-order valence-electron chi connectivity index (χ3n) is 5.19. The van der Waals surface area contributed by atoms with Crippen molar-refractivity contribution in [2.75, 3.05) is 47.4 Å². The zero-order chi connectivity index (χ0) is 21.3. The number of carbonyl (C=O) groups is 1.